The fraction of sp³-hybridized carbons (Fsp3) is 0.474. The van der Waals surface area contributed by atoms with Crippen LogP contribution in [0, 0.1) is 5.92 Å². The van der Waals surface area contributed by atoms with Gasteiger partial charge in [-0.1, -0.05) is 36.4 Å². The molecule has 2 rings (SSSR count). The molecule has 22 heavy (non-hydrogen) atoms. The van der Waals surface area contributed by atoms with E-state index in [1.807, 2.05) is 6.92 Å². The molecule has 1 saturated carbocycles. The van der Waals surface area contributed by atoms with Gasteiger partial charge in [-0.25, -0.2) is 4.39 Å². The summed E-state index contributed by atoms with van der Waals surface area (Å²) in [5, 5.41) is 0. The topological polar surface area (TPSA) is 0 Å². The predicted molar refractivity (Wildman–Crippen MR) is 84.6 cm³/mol. The Morgan fingerprint density at radius 2 is 1.68 bits per heavy atom. The highest BCUT2D eigenvalue weighted by molar-refractivity contribution is 5.26. The van der Waals surface area contributed by atoms with Crippen molar-refractivity contribution in [2.75, 3.05) is 0 Å². The lowest BCUT2D eigenvalue weighted by molar-refractivity contribution is 0.281. The highest BCUT2D eigenvalue weighted by atomic mass is 19.3. The van der Waals surface area contributed by atoms with Crippen LogP contribution < -0.4 is 0 Å². The second-order valence-corrected chi connectivity index (χ2v) is 6.01. The lowest BCUT2D eigenvalue weighted by Gasteiger charge is -2.27. The molecule has 0 radical (unpaired) electrons. The standard InChI is InChI=1S/C19H23F3/c1-2-3-4-5-14-6-8-15(9-7-14)16-10-12-17(13-11-16)18(20)19(21)22/h2-3,6-9,16-17H,4-5,10-13H2,1H3/b3-2+. The number of aryl methyl sites for hydroxylation is 1. The molecule has 0 amide bonds. The Kier molecular flexibility index (Phi) is 6.29. The summed E-state index contributed by atoms with van der Waals surface area (Å²) >= 11 is 0. The number of benzene rings is 1. The third-order valence-corrected chi connectivity index (χ3v) is 4.55. The summed E-state index contributed by atoms with van der Waals surface area (Å²) in [6.07, 6.45) is 6.72. The second kappa shape index (κ2) is 8.21. The van der Waals surface area contributed by atoms with Crippen molar-refractivity contribution in [3.8, 4) is 0 Å². The van der Waals surface area contributed by atoms with Crippen molar-refractivity contribution >= 4 is 0 Å². The van der Waals surface area contributed by atoms with E-state index < -0.39 is 17.8 Å². The minimum atomic E-state index is -2.14. The van der Waals surface area contributed by atoms with Crippen molar-refractivity contribution in [2.24, 2.45) is 5.92 Å². The van der Waals surface area contributed by atoms with Crippen LogP contribution in [0.15, 0.2) is 48.3 Å². The van der Waals surface area contributed by atoms with Gasteiger partial charge in [-0.2, -0.15) is 8.78 Å². The van der Waals surface area contributed by atoms with E-state index in [1.54, 1.807) is 0 Å². The Bertz CT molecular complexity index is 516. The van der Waals surface area contributed by atoms with Gasteiger partial charge in [0.1, 0.15) is 0 Å². The van der Waals surface area contributed by atoms with Gasteiger partial charge in [0.05, 0.1) is 0 Å². The first-order valence-corrected chi connectivity index (χ1v) is 8.02. The molecule has 0 bridgehead atoms. The van der Waals surface area contributed by atoms with Gasteiger partial charge in [0.2, 0.25) is 0 Å². The SMILES string of the molecule is C/C=C/CCc1ccc(C2CCC(C(F)=C(F)F)CC2)cc1. The molecule has 0 heterocycles. The molecule has 0 aromatic heterocycles. The normalized spacial score (nSPS) is 22.0. The fourth-order valence-electron chi connectivity index (χ4n) is 3.21. The molecule has 1 aliphatic rings. The summed E-state index contributed by atoms with van der Waals surface area (Å²) in [5.41, 5.74) is 2.56. The van der Waals surface area contributed by atoms with Crippen molar-refractivity contribution in [1.82, 2.24) is 0 Å². The Morgan fingerprint density at radius 1 is 1.05 bits per heavy atom. The molecule has 0 spiro atoms. The number of allylic oxidation sites excluding steroid dienone is 3. The van der Waals surface area contributed by atoms with E-state index in [9.17, 15) is 13.2 Å². The molecule has 1 fully saturated rings. The Hall–Kier alpha value is -1.51. The highest BCUT2D eigenvalue weighted by Crippen LogP contribution is 2.40. The third-order valence-electron chi connectivity index (χ3n) is 4.55. The molecule has 3 heteroatoms. The summed E-state index contributed by atoms with van der Waals surface area (Å²) in [4.78, 5) is 0. The monoisotopic (exact) mass is 308 g/mol. The Labute approximate surface area is 130 Å². The Balaban J connectivity index is 1.90. The highest BCUT2D eigenvalue weighted by Gasteiger charge is 2.27. The van der Waals surface area contributed by atoms with Crippen LogP contribution in [0.25, 0.3) is 0 Å². The molecular formula is C19H23F3. The number of halogens is 3. The van der Waals surface area contributed by atoms with Gasteiger partial charge >= 0.3 is 6.08 Å². The maximum Gasteiger partial charge on any atom is 0.301 e. The average molecular weight is 308 g/mol. The van der Waals surface area contributed by atoms with Crippen LogP contribution in [0.3, 0.4) is 0 Å². The summed E-state index contributed by atoms with van der Waals surface area (Å²) in [6.45, 7) is 2.02. The van der Waals surface area contributed by atoms with E-state index in [0.29, 0.717) is 18.8 Å². The molecule has 1 aromatic rings. The van der Waals surface area contributed by atoms with Gasteiger partial charge in [0.25, 0.3) is 0 Å². The fourth-order valence-corrected chi connectivity index (χ4v) is 3.21. The van der Waals surface area contributed by atoms with E-state index >= 15 is 0 Å². The van der Waals surface area contributed by atoms with Crippen LogP contribution >= 0.6 is 0 Å². The van der Waals surface area contributed by atoms with Crippen LogP contribution in [0.2, 0.25) is 0 Å². The van der Waals surface area contributed by atoms with Crippen molar-refractivity contribution in [3.63, 3.8) is 0 Å². The van der Waals surface area contributed by atoms with Gasteiger partial charge in [-0.05, 0) is 62.5 Å². The van der Waals surface area contributed by atoms with E-state index in [1.165, 1.54) is 11.1 Å². The number of rotatable bonds is 5. The van der Waals surface area contributed by atoms with E-state index in [-0.39, 0.29) is 0 Å². The largest absolute Gasteiger partial charge is 0.301 e. The van der Waals surface area contributed by atoms with Gasteiger partial charge < -0.3 is 0 Å². The molecule has 1 aromatic carbocycles. The minimum Gasteiger partial charge on any atom is -0.206 e. The van der Waals surface area contributed by atoms with E-state index in [2.05, 4.69) is 36.4 Å². The quantitative estimate of drug-likeness (QED) is 0.541. The molecule has 120 valence electrons. The van der Waals surface area contributed by atoms with Crippen molar-refractivity contribution in [2.45, 2.75) is 51.4 Å². The molecular weight excluding hydrogens is 285 g/mol. The predicted octanol–water partition coefficient (Wildman–Crippen LogP) is 6.55. The summed E-state index contributed by atoms with van der Waals surface area (Å²) in [7, 11) is 0. The second-order valence-electron chi connectivity index (χ2n) is 6.01. The molecule has 0 aliphatic heterocycles. The zero-order valence-electron chi connectivity index (χ0n) is 13.0. The average Bonchev–Trinajstić information content (AvgIpc) is 2.55. The first kappa shape index (κ1) is 16.9. The van der Waals surface area contributed by atoms with E-state index in [4.69, 9.17) is 0 Å². The van der Waals surface area contributed by atoms with Crippen LogP contribution in [0.1, 0.15) is 56.1 Å². The summed E-state index contributed by atoms with van der Waals surface area (Å²) in [5.74, 6) is -1.41. The lowest BCUT2D eigenvalue weighted by Crippen LogP contribution is -2.14. The molecule has 1 aliphatic carbocycles. The van der Waals surface area contributed by atoms with Gasteiger partial charge in [-0.3, -0.25) is 0 Å². The van der Waals surface area contributed by atoms with Crippen molar-refractivity contribution in [1.29, 1.82) is 0 Å². The summed E-state index contributed by atoms with van der Waals surface area (Å²) < 4.78 is 37.9. The van der Waals surface area contributed by atoms with Crippen LogP contribution in [0.4, 0.5) is 13.2 Å². The molecule has 0 saturated heterocycles. The van der Waals surface area contributed by atoms with Crippen LogP contribution in [0.5, 0.6) is 0 Å². The first-order valence-electron chi connectivity index (χ1n) is 8.02. The van der Waals surface area contributed by atoms with Gasteiger partial charge in [0, 0.05) is 5.92 Å². The third kappa shape index (κ3) is 4.49. The molecule has 0 nitrogen and oxygen atoms in total. The molecule has 0 atom stereocenters. The maximum absolute atomic E-state index is 13.3. The van der Waals surface area contributed by atoms with Crippen LogP contribution in [-0.2, 0) is 6.42 Å². The van der Waals surface area contributed by atoms with Crippen LogP contribution in [-0.4, -0.2) is 0 Å². The summed E-state index contributed by atoms with van der Waals surface area (Å²) in [6, 6.07) is 8.56. The lowest BCUT2D eigenvalue weighted by atomic mass is 9.78. The smallest absolute Gasteiger partial charge is 0.206 e. The zero-order valence-corrected chi connectivity index (χ0v) is 13.0. The molecule has 0 unspecified atom stereocenters. The number of hydrogen-bond donors (Lipinski definition) is 0. The minimum absolute atomic E-state index is 0.372. The van der Waals surface area contributed by atoms with Gasteiger partial charge in [0.15, 0.2) is 5.83 Å². The van der Waals surface area contributed by atoms with Crippen molar-refractivity contribution < 1.29 is 13.2 Å². The molecule has 0 N–H and O–H groups in total. The Morgan fingerprint density at radius 3 is 2.23 bits per heavy atom. The first-order chi connectivity index (χ1) is 10.6. The van der Waals surface area contributed by atoms with Gasteiger partial charge in [-0.15, -0.1) is 0 Å². The number of hydrogen-bond acceptors (Lipinski definition) is 0. The zero-order chi connectivity index (χ0) is 15.9. The van der Waals surface area contributed by atoms with Crippen molar-refractivity contribution in [3.05, 3.63) is 59.5 Å². The maximum atomic E-state index is 13.3. The van der Waals surface area contributed by atoms with E-state index in [0.717, 1.165) is 25.7 Å².